The van der Waals surface area contributed by atoms with Gasteiger partial charge in [-0.2, -0.15) is 0 Å². The van der Waals surface area contributed by atoms with Crippen molar-refractivity contribution in [3.05, 3.63) is 18.2 Å². The van der Waals surface area contributed by atoms with Gasteiger partial charge in [-0.25, -0.2) is 4.98 Å². The molecule has 1 heterocycles. The van der Waals surface area contributed by atoms with Crippen molar-refractivity contribution < 1.29 is 9.90 Å². The van der Waals surface area contributed by atoms with Crippen LogP contribution in [0.1, 0.15) is 31.5 Å². The van der Waals surface area contributed by atoms with E-state index >= 15 is 0 Å². The number of carboxylic acids is 1. The Morgan fingerprint density at radius 3 is 3.07 bits per heavy atom. The van der Waals surface area contributed by atoms with Crippen LogP contribution in [-0.4, -0.2) is 20.6 Å². The highest BCUT2D eigenvalue weighted by Gasteiger charge is 2.28. The van der Waals surface area contributed by atoms with Gasteiger partial charge >= 0.3 is 5.97 Å². The Morgan fingerprint density at radius 2 is 2.50 bits per heavy atom. The Balaban J connectivity index is 2.08. The quantitative estimate of drug-likeness (QED) is 0.789. The van der Waals surface area contributed by atoms with Gasteiger partial charge in [-0.1, -0.05) is 6.92 Å². The van der Waals surface area contributed by atoms with E-state index in [1.807, 2.05) is 10.8 Å². The van der Waals surface area contributed by atoms with E-state index in [-0.39, 0.29) is 5.92 Å². The zero-order valence-corrected chi connectivity index (χ0v) is 8.18. The summed E-state index contributed by atoms with van der Waals surface area (Å²) < 4.78 is 1.97. The highest BCUT2D eigenvalue weighted by molar-refractivity contribution is 5.69. The van der Waals surface area contributed by atoms with Crippen LogP contribution in [0.5, 0.6) is 0 Å². The lowest BCUT2D eigenvalue weighted by atomic mass is 10.2. The minimum absolute atomic E-state index is 0.346. The lowest BCUT2D eigenvalue weighted by Gasteiger charge is -2.09. The summed E-state index contributed by atoms with van der Waals surface area (Å²) in [5.41, 5.74) is 0. The van der Waals surface area contributed by atoms with Crippen LogP contribution < -0.4 is 0 Å². The average Bonchev–Trinajstić information content (AvgIpc) is 2.88. The molecular formula is C10H14N2O2. The molecule has 1 aromatic heterocycles. The van der Waals surface area contributed by atoms with E-state index in [1.54, 1.807) is 13.1 Å². The predicted molar refractivity (Wildman–Crippen MR) is 51.0 cm³/mol. The number of aromatic nitrogens is 2. The van der Waals surface area contributed by atoms with Crippen molar-refractivity contribution in [2.75, 3.05) is 0 Å². The van der Waals surface area contributed by atoms with Crippen molar-refractivity contribution in [1.29, 1.82) is 0 Å². The van der Waals surface area contributed by atoms with Gasteiger partial charge in [0, 0.05) is 24.9 Å². The second kappa shape index (κ2) is 3.44. The molecule has 0 saturated heterocycles. The molecule has 1 aromatic rings. The molecular weight excluding hydrogens is 180 g/mol. The van der Waals surface area contributed by atoms with Crippen molar-refractivity contribution in [2.24, 2.45) is 5.92 Å². The van der Waals surface area contributed by atoms with Gasteiger partial charge in [0.2, 0.25) is 0 Å². The average molecular weight is 194 g/mol. The maximum Gasteiger partial charge on any atom is 0.308 e. The maximum absolute atomic E-state index is 10.7. The minimum Gasteiger partial charge on any atom is -0.481 e. The summed E-state index contributed by atoms with van der Waals surface area (Å²) in [4.78, 5) is 14.9. The normalized spacial score (nSPS) is 18.1. The van der Waals surface area contributed by atoms with Gasteiger partial charge in [-0.3, -0.25) is 4.79 Å². The molecule has 4 nitrogen and oxygen atoms in total. The lowest BCUT2D eigenvalue weighted by Crippen LogP contribution is -2.17. The molecule has 1 saturated carbocycles. The molecule has 1 N–H and O–H groups in total. The number of nitrogens with zero attached hydrogens (tertiary/aromatic N) is 2. The van der Waals surface area contributed by atoms with Crippen LogP contribution in [0.3, 0.4) is 0 Å². The van der Waals surface area contributed by atoms with Crippen molar-refractivity contribution in [3.63, 3.8) is 0 Å². The molecule has 1 unspecified atom stereocenters. The van der Waals surface area contributed by atoms with Crippen LogP contribution in [0.15, 0.2) is 12.4 Å². The zero-order valence-electron chi connectivity index (χ0n) is 8.18. The third kappa shape index (κ3) is 1.78. The molecule has 76 valence electrons. The lowest BCUT2D eigenvalue weighted by molar-refractivity contribution is -0.141. The number of carbonyl (C=O) groups is 1. The van der Waals surface area contributed by atoms with Crippen LogP contribution in [-0.2, 0) is 11.3 Å². The summed E-state index contributed by atoms with van der Waals surface area (Å²) in [6.07, 6.45) is 6.01. The maximum atomic E-state index is 10.7. The van der Waals surface area contributed by atoms with Gasteiger partial charge in [0.15, 0.2) is 0 Å². The first kappa shape index (κ1) is 9.24. The molecule has 2 rings (SSSR count). The van der Waals surface area contributed by atoms with Crippen molar-refractivity contribution in [3.8, 4) is 0 Å². The van der Waals surface area contributed by atoms with Crippen LogP contribution in [0.2, 0.25) is 0 Å². The fourth-order valence-corrected chi connectivity index (χ4v) is 1.55. The standard InChI is InChI=1S/C10H14N2O2/c1-7(10(13)14)6-12-5-4-11-9(12)8-2-3-8/h4-5,7-8H,2-3,6H2,1H3,(H,13,14). The van der Waals surface area contributed by atoms with E-state index in [0.717, 1.165) is 5.82 Å². The fourth-order valence-electron chi connectivity index (χ4n) is 1.55. The fraction of sp³-hybridized carbons (Fsp3) is 0.600. The topological polar surface area (TPSA) is 55.1 Å². The third-order valence-corrected chi connectivity index (χ3v) is 2.58. The van der Waals surface area contributed by atoms with Gasteiger partial charge in [0.25, 0.3) is 0 Å². The summed E-state index contributed by atoms with van der Waals surface area (Å²) in [6, 6.07) is 0. The summed E-state index contributed by atoms with van der Waals surface area (Å²) in [5.74, 6) is 0.534. The first-order chi connectivity index (χ1) is 6.68. The van der Waals surface area contributed by atoms with E-state index in [9.17, 15) is 4.79 Å². The zero-order chi connectivity index (χ0) is 10.1. The van der Waals surface area contributed by atoms with Gasteiger partial charge in [-0.15, -0.1) is 0 Å². The molecule has 1 fully saturated rings. The van der Waals surface area contributed by atoms with Gasteiger partial charge in [0.05, 0.1) is 5.92 Å². The van der Waals surface area contributed by atoms with Gasteiger partial charge in [-0.05, 0) is 12.8 Å². The summed E-state index contributed by atoms with van der Waals surface area (Å²) in [5, 5.41) is 8.79. The van der Waals surface area contributed by atoms with Gasteiger partial charge < -0.3 is 9.67 Å². The molecule has 4 heteroatoms. The third-order valence-electron chi connectivity index (χ3n) is 2.58. The second-order valence-corrected chi connectivity index (χ2v) is 3.95. The molecule has 1 aliphatic carbocycles. The Hall–Kier alpha value is -1.32. The van der Waals surface area contributed by atoms with E-state index in [0.29, 0.717) is 12.5 Å². The van der Waals surface area contributed by atoms with Crippen LogP contribution >= 0.6 is 0 Å². The Bertz CT molecular complexity index is 342. The molecule has 0 aromatic carbocycles. The largest absolute Gasteiger partial charge is 0.481 e. The summed E-state index contributed by atoms with van der Waals surface area (Å²) in [6.45, 7) is 2.25. The van der Waals surface area contributed by atoms with Crippen LogP contribution in [0.25, 0.3) is 0 Å². The minimum atomic E-state index is -0.750. The van der Waals surface area contributed by atoms with E-state index < -0.39 is 5.97 Å². The van der Waals surface area contributed by atoms with E-state index in [2.05, 4.69) is 4.98 Å². The summed E-state index contributed by atoms with van der Waals surface area (Å²) in [7, 11) is 0. The number of hydrogen-bond acceptors (Lipinski definition) is 2. The van der Waals surface area contributed by atoms with E-state index in [1.165, 1.54) is 12.8 Å². The number of carboxylic acid groups (broad SMARTS) is 1. The molecule has 1 aliphatic rings. The predicted octanol–water partition coefficient (Wildman–Crippen LogP) is 1.48. The molecule has 0 radical (unpaired) electrons. The van der Waals surface area contributed by atoms with Crippen molar-refractivity contribution in [2.45, 2.75) is 32.2 Å². The molecule has 0 amide bonds. The SMILES string of the molecule is CC(Cn1ccnc1C1CC1)C(=O)O. The second-order valence-electron chi connectivity index (χ2n) is 3.95. The molecule has 0 aliphatic heterocycles. The Kier molecular flexibility index (Phi) is 2.27. The highest BCUT2D eigenvalue weighted by Crippen LogP contribution is 2.39. The van der Waals surface area contributed by atoms with Gasteiger partial charge in [0.1, 0.15) is 5.82 Å². The Morgan fingerprint density at radius 1 is 1.79 bits per heavy atom. The molecule has 0 bridgehead atoms. The molecule has 14 heavy (non-hydrogen) atoms. The summed E-state index contributed by atoms with van der Waals surface area (Å²) >= 11 is 0. The highest BCUT2D eigenvalue weighted by atomic mass is 16.4. The van der Waals surface area contributed by atoms with Crippen molar-refractivity contribution in [1.82, 2.24) is 9.55 Å². The van der Waals surface area contributed by atoms with Crippen molar-refractivity contribution >= 4 is 5.97 Å². The number of rotatable bonds is 4. The monoisotopic (exact) mass is 194 g/mol. The number of imidazole rings is 1. The van der Waals surface area contributed by atoms with Crippen LogP contribution in [0.4, 0.5) is 0 Å². The molecule has 1 atom stereocenters. The Labute approximate surface area is 82.6 Å². The number of hydrogen-bond donors (Lipinski definition) is 1. The van der Waals surface area contributed by atoms with Crippen LogP contribution in [0, 0.1) is 5.92 Å². The first-order valence-corrected chi connectivity index (χ1v) is 4.92. The molecule has 0 spiro atoms. The number of aliphatic carboxylic acids is 1. The van der Waals surface area contributed by atoms with E-state index in [4.69, 9.17) is 5.11 Å². The first-order valence-electron chi connectivity index (χ1n) is 4.92. The smallest absolute Gasteiger partial charge is 0.308 e.